The van der Waals surface area contributed by atoms with Crippen LogP contribution in [0.2, 0.25) is 0 Å². The first kappa shape index (κ1) is 15.3. The number of ketones is 1. The van der Waals surface area contributed by atoms with Gasteiger partial charge in [0.15, 0.2) is 0 Å². The van der Waals surface area contributed by atoms with Crippen molar-refractivity contribution in [2.45, 2.75) is 30.4 Å². The van der Waals surface area contributed by atoms with Crippen molar-refractivity contribution >= 4 is 17.5 Å². The summed E-state index contributed by atoms with van der Waals surface area (Å²) >= 11 is 1.53. The van der Waals surface area contributed by atoms with Gasteiger partial charge in [0.25, 0.3) is 0 Å². The van der Waals surface area contributed by atoms with Crippen molar-refractivity contribution in [1.82, 2.24) is 4.98 Å². The number of hydrogen-bond donors (Lipinski definition) is 0. The summed E-state index contributed by atoms with van der Waals surface area (Å²) in [5.41, 5.74) is 2.59. The van der Waals surface area contributed by atoms with Gasteiger partial charge in [-0.15, -0.1) is 11.8 Å². The van der Waals surface area contributed by atoms with Gasteiger partial charge in [0, 0.05) is 22.9 Å². The third-order valence-corrected chi connectivity index (χ3v) is 4.69. The molecule has 1 aromatic heterocycles. The minimum atomic E-state index is -0.483. The van der Waals surface area contributed by atoms with Gasteiger partial charge in [0.05, 0.1) is 16.4 Å². The van der Waals surface area contributed by atoms with Crippen molar-refractivity contribution < 1.29 is 4.79 Å². The molecule has 0 N–H and O–H groups in total. The number of thioether (sulfide) groups is 1. The van der Waals surface area contributed by atoms with Gasteiger partial charge < -0.3 is 0 Å². The van der Waals surface area contributed by atoms with Gasteiger partial charge in [-0.05, 0) is 44.5 Å². The van der Waals surface area contributed by atoms with Crippen molar-refractivity contribution in [2.75, 3.05) is 0 Å². The minimum absolute atomic E-state index is 0.134. The van der Waals surface area contributed by atoms with E-state index in [0.29, 0.717) is 5.56 Å². The van der Waals surface area contributed by atoms with E-state index in [4.69, 9.17) is 5.26 Å². The number of Topliss-reactive ketones (excluding diaryl/α,β-unsaturated/α-hetero) is 1. The molecule has 0 unspecified atom stereocenters. The lowest BCUT2D eigenvalue weighted by atomic mass is 10.1. The highest BCUT2D eigenvalue weighted by Crippen LogP contribution is 2.38. The van der Waals surface area contributed by atoms with Crippen molar-refractivity contribution in [3.63, 3.8) is 0 Å². The number of carbonyl (C=O) groups is 1. The second-order valence-electron chi connectivity index (χ2n) is 5.23. The van der Waals surface area contributed by atoms with E-state index in [2.05, 4.69) is 11.1 Å². The van der Waals surface area contributed by atoms with E-state index in [1.807, 2.05) is 32.0 Å². The Balaban J connectivity index is 2.41. The molecule has 0 fully saturated rings. The molecule has 3 nitrogen and oxygen atoms in total. The molecule has 0 aliphatic heterocycles. The molecule has 0 saturated carbocycles. The summed E-state index contributed by atoms with van der Waals surface area (Å²) in [5, 5.41) is 8.86. The molecule has 1 heterocycles. The Bertz CT molecular complexity index is 699. The third-order valence-electron chi connectivity index (χ3n) is 3.32. The minimum Gasteiger partial charge on any atom is -0.298 e. The van der Waals surface area contributed by atoms with Gasteiger partial charge in [-0.2, -0.15) is 5.26 Å². The van der Waals surface area contributed by atoms with Crippen LogP contribution in [0.5, 0.6) is 0 Å². The second kappa shape index (κ2) is 6.11. The molecule has 0 radical (unpaired) electrons. The number of nitriles is 1. The van der Waals surface area contributed by atoms with E-state index in [1.165, 1.54) is 11.8 Å². The van der Waals surface area contributed by atoms with E-state index < -0.39 is 4.75 Å². The molecule has 0 amide bonds. The van der Waals surface area contributed by atoms with E-state index >= 15 is 0 Å². The smallest absolute Gasteiger partial charge is 0.145 e. The molecular weight excluding hydrogens is 280 g/mol. The maximum Gasteiger partial charge on any atom is 0.145 e. The highest BCUT2D eigenvalue weighted by molar-refractivity contribution is 8.01. The molecule has 0 saturated heterocycles. The summed E-state index contributed by atoms with van der Waals surface area (Å²) in [5.74, 6) is 0.134. The summed E-state index contributed by atoms with van der Waals surface area (Å²) in [6.07, 6.45) is 3.52. The predicted octanol–water partition coefficient (Wildman–Crippen LogP) is 4.08. The molecule has 2 rings (SSSR count). The zero-order chi connectivity index (χ0) is 15.5. The number of hydrogen-bond acceptors (Lipinski definition) is 4. The molecule has 2 aromatic rings. The van der Waals surface area contributed by atoms with E-state index in [1.54, 1.807) is 31.5 Å². The number of aromatic nitrogens is 1. The fourth-order valence-electron chi connectivity index (χ4n) is 1.76. The van der Waals surface area contributed by atoms with Crippen LogP contribution < -0.4 is 0 Å². The highest BCUT2D eigenvalue weighted by atomic mass is 32.2. The third kappa shape index (κ3) is 3.50. The first-order valence-electron chi connectivity index (χ1n) is 6.58. The summed E-state index contributed by atoms with van der Waals surface area (Å²) < 4.78 is -0.483. The average Bonchev–Trinajstić information content (AvgIpc) is 2.47. The number of rotatable bonds is 4. The topological polar surface area (TPSA) is 53.8 Å². The van der Waals surface area contributed by atoms with Gasteiger partial charge in [0.1, 0.15) is 5.78 Å². The Labute approximate surface area is 129 Å². The lowest BCUT2D eigenvalue weighted by molar-refractivity contribution is -0.118. The Hall–Kier alpha value is -2.12. The molecule has 106 valence electrons. The first-order valence-corrected chi connectivity index (χ1v) is 7.40. The van der Waals surface area contributed by atoms with Crippen LogP contribution in [0.4, 0.5) is 0 Å². The Morgan fingerprint density at radius 2 is 1.90 bits per heavy atom. The zero-order valence-electron chi connectivity index (χ0n) is 12.3. The maximum absolute atomic E-state index is 11.7. The van der Waals surface area contributed by atoms with E-state index in [9.17, 15) is 4.79 Å². The molecular formula is C17H16N2OS. The van der Waals surface area contributed by atoms with Crippen LogP contribution in [0.15, 0.2) is 47.6 Å². The second-order valence-corrected chi connectivity index (χ2v) is 6.89. The van der Waals surface area contributed by atoms with Crippen molar-refractivity contribution in [2.24, 2.45) is 0 Å². The van der Waals surface area contributed by atoms with Crippen LogP contribution in [0, 0.1) is 11.3 Å². The van der Waals surface area contributed by atoms with Gasteiger partial charge in [-0.1, -0.05) is 12.1 Å². The van der Waals surface area contributed by atoms with Crippen molar-refractivity contribution in [3.8, 4) is 17.2 Å². The standard InChI is InChI=1S/C17H16N2OS/c1-12(20)17(2,3)21-16-8-9-19-11-15(16)14-6-4-13(10-18)5-7-14/h4-9,11H,1-3H3. The quantitative estimate of drug-likeness (QED) is 0.798. The maximum atomic E-state index is 11.7. The highest BCUT2D eigenvalue weighted by Gasteiger charge is 2.26. The summed E-state index contributed by atoms with van der Waals surface area (Å²) in [4.78, 5) is 16.9. The SMILES string of the molecule is CC(=O)C(C)(C)Sc1ccncc1-c1ccc(C#N)cc1. The number of benzene rings is 1. The fourth-order valence-corrected chi connectivity index (χ4v) is 2.86. The van der Waals surface area contributed by atoms with E-state index in [0.717, 1.165) is 16.0 Å². The molecule has 21 heavy (non-hydrogen) atoms. The number of carbonyl (C=O) groups excluding carboxylic acids is 1. The molecule has 0 spiro atoms. The van der Waals surface area contributed by atoms with Gasteiger partial charge in [0.2, 0.25) is 0 Å². The number of pyridine rings is 1. The molecule has 0 aliphatic carbocycles. The van der Waals surface area contributed by atoms with Crippen LogP contribution in [0.1, 0.15) is 26.3 Å². The Morgan fingerprint density at radius 3 is 2.48 bits per heavy atom. The van der Waals surface area contributed by atoms with Gasteiger partial charge >= 0.3 is 0 Å². The van der Waals surface area contributed by atoms with Crippen LogP contribution in [-0.2, 0) is 4.79 Å². The average molecular weight is 296 g/mol. The lowest BCUT2D eigenvalue weighted by Crippen LogP contribution is -2.24. The Morgan fingerprint density at radius 1 is 1.24 bits per heavy atom. The van der Waals surface area contributed by atoms with Gasteiger partial charge in [-0.3, -0.25) is 9.78 Å². The van der Waals surface area contributed by atoms with Crippen molar-refractivity contribution in [3.05, 3.63) is 48.3 Å². The zero-order valence-corrected chi connectivity index (χ0v) is 13.1. The largest absolute Gasteiger partial charge is 0.298 e. The summed E-state index contributed by atoms with van der Waals surface area (Å²) in [6.45, 7) is 5.45. The summed E-state index contributed by atoms with van der Waals surface area (Å²) in [6, 6.07) is 11.4. The lowest BCUT2D eigenvalue weighted by Gasteiger charge is -2.22. The Kier molecular flexibility index (Phi) is 4.44. The van der Waals surface area contributed by atoms with Crippen molar-refractivity contribution in [1.29, 1.82) is 5.26 Å². The van der Waals surface area contributed by atoms with Crippen LogP contribution in [0.25, 0.3) is 11.1 Å². The molecule has 4 heteroatoms. The molecule has 0 bridgehead atoms. The van der Waals surface area contributed by atoms with Crippen LogP contribution in [-0.4, -0.2) is 15.5 Å². The normalized spacial score (nSPS) is 11.0. The molecule has 1 aromatic carbocycles. The molecule has 0 aliphatic rings. The monoisotopic (exact) mass is 296 g/mol. The fraction of sp³-hybridized carbons (Fsp3) is 0.235. The van der Waals surface area contributed by atoms with E-state index in [-0.39, 0.29) is 5.78 Å². The van der Waals surface area contributed by atoms with Crippen LogP contribution >= 0.6 is 11.8 Å². The van der Waals surface area contributed by atoms with Crippen LogP contribution in [0.3, 0.4) is 0 Å². The number of nitrogens with zero attached hydrogens (tertiary/aromatic N) is 2. The molecule has 0 atom stereocenters. The first-order chi connectivity index (χ1) is 9.94. The predicted molar refractivity (Wildman–Crippen MR) is 85.0 cm³/mol. The van der Waals surface area contributed by atoms with Gasteiger partial charge in [-0.25, -0.2) is 0 Å². The summed E-state index contributed by atoms with van der Waals surface area (Å²) in [7, 11) is 0.